The van der Waals surface area contributed by atoms with Crippen LogP contribution >= 0.6 is 0 Å². The van der Waals surface area contributed by atoms with Crippen LogP contribution in [0.3, 0.4) is 0 Å². The molecule has 1 spiro atoms. The van der Waals surface area contributed by atoms with Crippen LogP contribution in [0.2, 0.25) is 0 Å². The van der Waals surface area contributed by atoms with Crippen LogP contribution in [0.25, 0.3) is 0 Å². The van der Waals surface area contributed by atoms with Gasteiger partial charge in [-0.3, -0.25) is 9.88 Å². The van der Waals surface area contributed by atoms with E-state index in [-0.39, 0.29) is 5.54 Å². The van der Waals surface area contributed by atoms with Gasteiger partial charge in [-0.1, -0.05) is 12.8 Å². The average molecular weight is 259 g/mol. The lowest BCUT2D eigenvalue weighted by molar-refractivity contribution is 0.0573. The summed E-state index contributed by atoms with van der Waals surface area (Å²) in [5.74, 6) is 0. The highest BCUT2D eigenvalue weighted by atomic mass is 15.3. The number of hydrogen-bond acceptors (Lipinski definition) is 3. The first-order valence-electron chi connectivity index (χ1n) is 7.48. The predicted molar refractivity (Wildman–Crippen MR) is 77.9 cm³/mol. The quantitative estimate of drug-likeness (QED) is 0.885. The second kappa shape index (κ2) is 4.88. The smallest absolute Gasteiger partial charge is 0.0314 e. The average Bonchev–Trinajstić information content (AvgIpc) is 2.75. The highest BCUT2D eigenvalue weighted by Gasteiger charge is 2.43. The van der Waals surface area contributed by atoms with Crippen molar-refractivity contribution in [1.29, 1.82) is 0 Å². The number of nitrogens with zero attached hydrogens (tertiary/aromatic N) is 2. The normalized spacial score (nSPS) is 25.8. The molecule has 2 fully saturated rings. The molecule has 0 radical (unpaired) electrons. The summed E-state index contributed by atoms with van der Waals surface area (Å²) in [7, 11) is 0. The van der Waals surface area contributed by atoms with Crippen molar-refractivity contribution in [2.45, 2.75) is 57.2 Å². The molecule has 104 valence electrons. The molecule has 1 aromatic rings. The van der Waals surface area contributed by atoms with Crippen LogP contribution < -0.4 is 5.32 Å². The van der Waals surface area contributed by atoms with Gasteiger partial charge in [-0.15, -0.1) is 0 Å². The highest BCUT2D eigenvalue weighted by Crippen LogP contribution is 2.35. The maximum atomic E-state index is 4.11. The minimum absolute atomic E-state index is 0.218. The maximum absolute atomic E-state index is 4.11. The third kappa shape index (κ3) is 2.98. The molecule has 0 atom stereocenters. The standard InChI is InChI=1S/C16H25N3/c1-15(2)12-19(11-14-5-9-17-10-6-14)13-16(18-15)7-3-4-8-16/h5-6,9-10,18H,3-4,7-8,11-13H2,1-2H3. The topological polar surface area (TPSA) is 28.2 Å². The molecule has 2 heterocycles. The molecule has 19 heavy (non-hydrogen) atoms. The van der Waals surface area contributed by atoms with E-state index in [1.807, 2.05) is 12.4 Å². The second-order valence-electron chi connectivity index (χ2n) is 7.00. The SMILES string of the molecule is CC1(C)CN(Cc2ccncc2)CC2(CCCC2)N1. The Morgan fingerprint density at radius 3 is 2.53 bits per heavy atom. The van der Waals surface area contributed by atoms with Gasteiger partial charge < -0.3 is 5.32 Å². The molecular weight excluding hydrogens is 234 g/mol. The molecule has 1 saturated heterocycles. The molecule has 1 N–H and O–H groups in total. The maximum Gasteiger partial charge on any atom is 0.0314 e. The van der Waals surface area contributed by atoms with Crippen LogP contribution in [0.15, 0.2) is 24.5 Å². The fourth-order valence-electron chi connectivity index (χ4n) is 4.03. The van der Waals surface area contributed by atoms with Gasteiger partial charge in [0.25, 0.3) is 0 Å². The van der Waals surface area contributed by atoms with Crippen LogP contribution in [0, 0.1) is 0 Å². The molecule has 0 unspecified atom stereocenters. The third-order valence-corrected chi connectivity index (χ3v) is 4.46. The molecule has 0 aromatic carbocycles. The van der Waals surface area contributed by atoms with Crippen molar-refractivity contribution in [3.8, 4) is 0 Å². The Kier molecular flexibility index (Phi) is 3.35. The number of hydrogen-bond donors (Lipinski definition) is 1. The van der Waals surface area contributed by atoms with Crippen molar-refractivity contribution >= 4 is 0 Å². The minimum Gasteiger partial charge on any atom is -0.304 e. The molecule has 2 aliphatic rings. The summed E-state index contributed by atoms with van der Waals surface area (Å²) in [4.78, 5) is 6.73. The van der Waals surface area contributed by atoms with Gasteiger partial charge in [0.05, 0.1) is 0 Å². The van der Waals surface area contributed by atoms with E-state index in [1.165, 1.54) is 37.8 Å². The third-order valence-electron chi connectivity index (χ3n) is 4.46. The minimum atomic E-state index is 0.218. The lowest BCUT2D eigenvalue weighted by Gasteiger charge is -2.50. The number of aromatic nitrogens is 1. The number of rotatable bonds is 2. The molecule has 3 heteroatoms. The molecular formula is C16H25N3. The zero-order valence-corrected chi connectivity index (χ0v) is 12.2. The highest BCUT2D eigenvalue weighted by molar-refractivity contribution is 5.12. The van der Waals surface area contributed by atoms with Gasteiger partial charge in [0.1, 0.15) is 0 Å². The lowest BCUT2D eigenvalue weighted by Crippen LogP contribution is -2.67. The Balaban J connectivity index is 1.74. The van der Waals surface area contributed by atoms with Crippen LogP contribution in [0.4, 0.5) is 0 Å². The summed E-state index contributed by atoms with van der Waals surface area (Å²) in [5, 5.41) is 3.93. The monoisotopic (exact) mass is 259 g/mol. The van der Waals surface area contributed by atoms with Crippen molar-refractivity contribution in [1.82, 2.24) is 15.2 Å². The van der Waals surface area contributed by atoms with Crippen molar-refractivity contribution < 1.29 is 0 Å². The van der Waals surface area contributed by atoms with Crippen LogP contribution in [0.5, 0.6) is 0 Å². The second-order valence-corrected chi connectivity index (χ2v) is 7.00. The summed E-state index contributed by atoms with van der Waals surface area (Å²) in [6, 6.07) is 4.27. The van der Waals surface area contributed by atoms with E-state index in [0.29, 0.717) is 5.54 Å². The summed E-state index contributed by atoms with van der Waals surface area (Å²) in [5.41, 5.74) is 1.96. The van der Waals surface area contributed by atoms with Crippen molar-refractivity contribution in [3.05, 3.63) is 30.1 Å². The molecule has 1 aromatic heterocycles. The Hall–Kier alpha value is -0.930. The van der Waals surface area contributed by atoms with Crippen LogP contribution in [-0.2, 0) is 6.54 Å². The zero-order chi connectivity index (χ0) is 13.3. The first kappa shape index (κ1) is 13.1. The van der Waals surface area contributed by atoms with Crippen LogP contribution in [-0.4, -0.2) is 34.1 Å². The van der Waals surface area contributed by atoms with Gasteiger partial charge in [0, 0.05) is 43.1 Å². The largest absolute Gasteiger partial charge is 0.304 e. The van der Waals surface area contributed by atoms with E-state index in [1.54, 1.807) is 0 Å². The number of piperazine rings is 1. The van der Waals surface area contributed by atoms with E-state index >= 15 is 0 Å². The first-order chi connectivity index (χ1) is 9.07. The Morgan fingerprint density at radius 2 is 1.84 bits per heavy atom. The Morgan fingerprint density at radius 1 is 1.16 bits per heavy atom. The lowest BCUT2D eigenvalue weighted by atomic mass is 9.87. The number of nitrogens with one attached hydrogen (secondary N) is 1. The Labute approximate surface area is 116 Å². The predicted octanol–water partition coefficient (Wildman–Crippen LogP) is 2.58. The number of pyridine rings is 1. The molecule has 1 aliphatic carbocycles. The molecule has 3 nitrogen and oxygen atoms in total. The van der Waals surface area contributed by atoms with E-state index < -0.39 is 0 Å². The summed E-state index contributed by atoms with van der Waals surface area (Å²) >= 11 is 0. The molecule has 0 bridgehead atoms. The molecule has 1 saturated carbocycles. The first-order valence-corrected chi connectivity index (χ1v) is 7.48. The zero-order valence-electron chi connectivity index (χ0n) is 12.2. The van der Waals surface area contributed by atoms with Gasteiger partial charge >= 0.3 is 0 Å². The van der Waals surface area contributed by atoms with E-state index in [2.05, 4.69) is 41.2 Å². The summed E-state index contributed by atoms with van der Waals surface area (Å²) in [6.07, 6.45) is 9.23. The fourth-order valence-corrected chi connectivity index (χ4v) is 4.03. The molecule has 3 rings (SSSR count). The molecule has 0 amide bonds. The van der Waals surface area contributed by atoms with Crippen molar-refractivity contribution in [3.63, 3.8) is 0 Å². The van der Waals surface area contributed by atoms with Gasteiger partial charge in [0.2, 0.25) is 0 Å². The van der Waals surface area contributed by atoms with Gasteiger partial charge in [-0.2, -0.15) is 0 Å². The summed E-state index contributed by atoms with van der Waals surface area (Å²) < 4.78 is 0. The summed E-state index contributed by atoms with van der Waals surface area (Å²) in [6.45, 7) is 8.04. The van der Waals surface area contributed by atoms with Crippen molar-refractivity contribution in [2.75, 3.05) is 13.1 Å². The van der Waals surface area contributed by atoms with E-state index in [0.717, 1.165) is 13.1 Å². The van der Waals surface area contributed by atoms with Gasteiger partial charge in [0.15, 0.2) is 0 Å². The van der Waals surface area contributed by atoms with Crippen molar-refractivity contribution in [2.24, 2.45) is 0 Å². The van der Waals surface area contributed by atoms with E-state index in [9.17, 15) is 0 Å². The Bertz CT molecular complexity index is 421. The van der Waals surface area contributed by atoms with E-state index in [4.69, 9.17) is 0 Å². The molecule has 1 aliphatic heterocycles. The van der Waals surface area contributed by atoms with Crippen LogP contribution in [0.1, 0.15) is 45.1 Å². The van der Waals surface area contributed by atoms with Gasteiger partial charge in [-0.25, -0.2) is 0 Å². The van der Waals surface area contributed by atoms with Gasteiger partial charge in [-0.05, 0) is 44.4 Å². The fraction of sp³-hybridized carbons (Fsp3) is 0.688.